The van der Waals surface area contributed by atoms with E-state index in [1.807, 2.05) is 12.1 Å². The van der Waals surface area contributed by atoms with Crippen molar-refractivity contribution in [3.63, 3.8) is 0 Å². The second-order valence-corrected chi connectivity index (χ2v) is 8.76. The summed E-state index contributed by atoms with van der Waals surface area (Å²) in [5.74, 6) is 0.757. The van der Waals surface area contributed by atoms with Crippen LogP contribution in [0.15, 0.2) is 77.8 Å². The van der Waals surface area contributed by atoms with Gasteiger partial charge in [0.2, 0.25) is 5.91 Å². The number of halogens is 1. The molecule has 6 heteroatoms. The fourth-order valence-electron chi connectivity index (χ4n) is 3.46. The fraction of sp³-hybridized carbons (Fsp3) is 0.160. The minimum absolute atomic E-state index is 0.110. The lowest BCUT2D eigenvalue weighted by atomic mass is 10.1. The van der Waals surface area contributed by atoms with E-state index in [1.165, 1.54) is 22.9 Å². The van der Waals surface area contributed by atoms with Crippen LogP contribution in [0.2, 0.25) is 5.02 Å². The number of hydrogen-bond donors (Lipinski definition) is 1. The number of thioether (sulfide) groups is 1. The zero-order valence-corrected chi connectivity index (χ0v) is 19.0. The third kappa shape index (κ3) is 5.06. The Morgan fingerprint density at radius 2 is 1.87 bits per heavy atom. The van der Waals surface area contributed by atoms with Crippen LogP contribution >= 0.6 is 23.4 Å². The molecule has 1 amide bonds. The summed E-state index contributed by atoms with van der Waals surface area (Å²) < 4.78 is 7.54. The maximum Gasteiger partial charge on any atom is 0.234 e. The van der Waals surface area contributed by atoms with Crippen molar-refractivity contribution in [1.82, 2.24) is 4.57 Å². The van der Waals surface area contributed by atoms with Crippen LogP contribution in [-0.4, -0.2) is 23.3 Å². The predicted octanol–water partition coefficient (Wildman–Crippen LogP) is 6.39. The molecule has 0 bridgehead atoms. The first-order chi connectivity index (χ1) is 15.0. The number of aryl methyl sites for hydroxylation is 1. The highest BCUT2D eigenvalue weighted by Crippen LogP contribution is 2.32. The minimum Gasteiger partial charge on any atom is -0.495 e. The number of methoxy groups -OCH3 is 1. The summed E-state index contributed by atoms with van der Waals surface area (Å²) in [4.78, 5) is 13.7. The van der Waals surface area contributed by atoms with E-state index in [0.717, 1.165) is 22.3 Å². The Morgan fingerprint density at radius 3 is 2.65 bits per heavy atom. The molecule has 4 nitrogen and oxygen atoms in total. The number of benzene rings is 3. The van der Waals surface area contributed by atoms with E-state index in [9.17, 15) is 4.79 Å². The lowest BCUT2D eigenvalue weighted by Gasteiger charge is -2.10. The number of nitrogens with zero attached hydrogens (tertiary/aromatic N) is 1. The van der Waals surface area contributed by atoms with E-state index in [2.05, 4.69) is 59.4 Å². The largest absolute Gasteiger partial charge is 0.495 e. The van der Waals surface area contributed by atoms with Gasteiger partial charge in [0.25, 0.3) is 0 Å². The molecule has 31 heavy (non-hydrogen) atoms. The number of carbonyl (C=O) groups is 1. The maximum absolute atomic E-state index is 12.6. The van der Waals surface area contributed by atoms with Crippen LogP contribution in [-0.2, 0) is 11.3 Å². The molecule has 0 aliphatic heterocycles. The lowest BCUT2D eigenvalue weighted by molar-refractivity contribution is -0.113. The van der Waals surface area contributed by atoms with Gasteiger partial charge in [-0.2, -0.15) is 0 Å². The quantitative estimate of drug-likeness (QED) is 0.332. The molecule has 0 spiro atoms. The van der Waals surface area contributed by atoms with Gasteiger partial charge in [-0.3, -0.25) is 4.79 Å². The number of hydrogen-bond acceptors (Lipinski definition) is 3. The molecule has 0 saturated carbocycles. The number of rotatable bonds is 7. The van der Waals surface area contributed by atoms with Gasteiger partial charge in [0.1, 0.15) is 5.75 Å². The van der Waals surface area contributed by atoms with Crippen molar-refractivity contribution in [3.05, 3.63) is 89.1 Å². The van der Waals surface area contributed by atoms with Crippen LogP contribution in [0.3, 0.4) is 0 Å². The van der Waals surface area contributed by atoms with E-state index in [4.69, 9.17) is 16.3 Å². The molecular formula is C25H23ClN2O2S. The van der Waals surface area contributed by atoms with Crippen LogP contribution in [0, 0.1) is 6.92 Å². The molecule has 0 atom stereocenters. The van der Waals surface area contributed by atoms with Gasteiger partial charge < -0.3 is 14.6 Å². The van der Waals surface area contributed by atoms with Crippen molar-refractivity contribution < 1.29 is 9.53 Å². The Labute approximate surface area is 191 Å². The average molecular weight is 451 g/mol. The zero-order valence-electron chi connectivity index (χ0n) is 17.4. The predicted molar refractivity (Wildman–Crippen MR) is 130 cm³/mol. The summed E-state index contributed by atoms with van der Waals surface area (Å²) in [7, 11) is 1.57. The molecule has 0 saturated heterocycles. The molecule has 1 N–H and O–H groups in total. The number of carbonyl (C=O) groups excluding carboxylic acids is 1. The van der Waals surface area contributed by atoms with E-state index in [0.29, 0.717) is 16.5 Å². The molecule has 0 unspecified atom stereocenters. The molecule has 0 fully saturated rings. The van der Waals surface area contributed by atoms with Crippen molar-refractivity contribution in [2.24, 2.45) is 0 Å². The van der Waals surface area contributed by atoms with Crippen LogP contribution < -0.4 is 10.1 Å². The van der Waals surface area contributed by atoms with Gasteiger partial charge >= 0.3 is 0 Å². The monoisotopic (exact) mass is 450 g/mol. The molecule has 4 rings (SSSR count). The van der Waals surface area contributed by atoms with E-state index >= 15 is 0 Å². The third-order valence-corrected chi connectivity index (χ3v) is 6.30. The first-order valence-corrected chi connectivity index (χ1v) is 11.3. The number of amides is 1. The number of fused-ring (bicyclic) bond motifs is 1. The highest BCUT2D eigenvalue weighted by Gasteiger charge is 2.13. The Hall–Kier alpha value is -2.89. The van der Waals surface area contributed by atoms with Crippen LogP contribution in [0.1, 0.15) is 11.1 Å². The van der Waals surface area contributed by atoms with Crippen molar-refractivity contribution in [1.29, 1.82) is 0 Å². The van der Waals surface area contributed by atoms with Gasteiger partial charge in [-0.1, -0.05) is 59.6 Å². The maximum atomic E-state index is 12.6. The molecule has 1 aromatic heterocycles. The highest BCUT2D eigenvalue weighted by atomic mass is 35.5. The third-order valence-electron chi connectivity index (χ3n) is 5.02. The van der Waals surface area contributed by atoms with Crippen molar-refractivity contribution in [2.75, 3.05) is 18.2 Å². The molecule has 0 aliphatic carbocycles. The molecule has 3 aromatic carbocycles. The Morgan fingerprint density at radius 1 is 1.10 bits per heavy atom. The van der Waals surface area contributed by atoms with Gasteiger partial charge in [-0.05, 0) is 36.8 Å². The summed E-state index contributed by atoms with van der Waals surface area (Å²) in [6.07, 6.45) is 2.13. The highest BCUT2D eigenvalue weighted by molar-refractivity contribution is 8.00. The topological polar surface area (TPSA) is 43.3 Å². The number of para-hydroxylation sites is 1. The Kier molecular flexibility index (Phi) is 6.54. The molecule has 0 aliphatic rings. The van der Waals surface area contributed by atoms with Crippen molar-refractivity contribution >= 4 is 45.9 Å². The number of ether oxygens (including phenoxy) is 1. The fourth-order valence-corrected chi connectivity index (χ4v) is 4.52. The minimum atomic E-state index is -0.110. The van der Waals surface area contributed by atoms with Crippen molar-refractivity contribution in [2.45, 2.75) is 18.4 Å². The van der Waals surface area contributed by atoms with E-state index in [-0.39, 0.29) is 11.7 Å². The average Bonchev–Trinajstić information content (AvgIpc) is 3.12. The summed E-state index contributed by atoms with van der Waals surface area (Å²) in [6, 6.07) is 22.0. The number of anilines is 1. The normalized spacial score (nSPS) is 10.9. The van der Waals surface area contributed by atoms with E-state index < -0.39 is 0 Å². The van der Waals surface area contributed by atoms with Gasteiger partial charge in [-0.25, -0.2) is 0 Å². The Bertz CT molecular complexity index is 1220. The Balaban J connectivity index is 1.50. The first kappa shape index (κ1) is 21.3. The summed E-state index contributed by atoms with van der Waals surface area (Å²) in [5.41, 5.74) is 4.22. The van der Waals surface area contributed by atoms with Crippen LogP contribution in [0.4, 0.5) is 5.69 Å². The van der Waals surface area contributed by atoms with Gasteiger partial charge in [0.05, 0.1) is 18.6 Å². The van der Waals surface area contributed by atoms with Crippen LogP contribution in [0.25, 0.3) is 10.9 Å². The summed E-state index contributed by atoms with van der Waals surface area (Å²) in [6.45, 7) is 2.88. The summed E-state index contributed by atoms with van der Waals surface area (Å²) in [5, 5.41) is 4.59. The summed E-state index contributed by atoms with van der Waals surface area (Å²) >= 11 is 7.58. The van der Waals surface area contributed by atoms with Gasteiger partial charge in [-0.15, -0.1) is 11.8 Å². The first-order valence-electron chi connectivity index (χ1n) is 9.93. The SMILES string of the molecule is COc1ccc(Cl)cc1NC(=O)CSc1cn(Cc2ccc(C)cc2)c2ccccc12. The number of nitrogens with one attached hydrogen (secondary N) is 1. The molecule has 4 aromatic rings. The second kappa shape index (κ2) is 9.50. The molecular weight excluding hydrogens is 428 g/mol. The molecule has 158 valence electrons. The lowest BCUT2D eigenvalue weighted by Crippen LogP contribution is -2.14. The van der Waals surface area contributed by atoms with Crippen LogP contribution in [0.5, 0.6) is 5.75 Å². The zero-order chi connectivity index (χ0) is 21.8. The number of aromatic nitrogens is 1. The van der Waals surface area contributed by atoms with Gasteiger partial charge in [0, 0.05) is 33.6 Å². The van der Waals surface area contributed by atoms with Gasteiger partial charge in [0.15, 0.2) is 0 Å². The molecule has 0 radical (unpaired) electrons. The second-order valence-electron chi connectivity index (χ2n) is 7.31. The van der Waals surface area contributed by atoms with Crippen molar-refractivity contribution in [3.8, 4) is 5.75 Å². The van der Waals surface area contributed by atoms with E-state index in [1.54, 1.807) is 25.3 Å². The molecule has 1 heterocycles. The smallest absolute Gasteiger partial charge is 0.234 e. The standard InChI is InChI=1S/C25H23ClN2O2S/c1-17-7-9-18(10-8-17)14-28-15-24(20-5-3-4-6-22(20)28)31-16-25(29)27-21-13-19(26)11-12-23(21)30-2/h3-13,15H,14,16H2,1-2H3,(H,27,29).